The lowest BCUT2D eigenvalue weighted by atomic mass is 10.0. The average molecular weight is 1180 g/mol. The number of hydrogen-bond acceptors (Lipinski definition) is 24. The van der Waals surface area contributed by atoms with E-state index in [0.29, 0.717) is 31.4 Å². The monoisotopic (exact) mass is 1180 g/mol. The summed E-state index contributed by atoms with van der Waals surface area (Å²) < 4.78 is 80.4. The molecule has 0 radical (unpaired) electrons. The molecule has 3 aliphatic heterocycles. The number of aliphatic hydroxyl groups is 2. The molecule has 3 aliphatic rings. The zero-order valence-electron chi connectivity index (χ0n) is 44.7. The topological polar surface area (TPSA) is 407 Å². The zero-order chi connectivity index (χ0) is 57.0. The summed E-state index contributed by atoms with van der Waals surface area (Å²) in [6.45, 7) is 21.3. The van der Waals surface area contributed by atoms with Crippen molar-refractivity contribution in [2.24, 2.45) is 0 Å². The van der Waals surface area contributed by atoms with Gasteiger partial charge in [0, 0.05) is 24.0 Å². The highest BCUT2D eigenvalue weighted by molar-refractivity contribution is 8.00. The second kappa shape index (κ2) is 35.7. The minimum absolute atomic E-state index is 0.00534. The fraction of sp³-hybridized carbons (Fsp3) is 0.814. The molecule has 5 rings (SSSR count). The molecular formula is C43H81N10O20P3S. The summed E-state index contributed by atoms with van der Waals surface area (Å²) >= 11 is 1.85. The third-order valence-electron chi connectivity index (χ3n) is 12.2. The van der Waals surface area contributed by atoms with Crippen LogP contribution in [0.4, 0.5) is 10.6 Å². The number of rotatable bonds is 35. The van der Waals surface area contributed by atoms with Crippen LogP contribution in [-0.2, 0) is 64.6 Å². The fourth-order valence-corrected chi connectivity index (χ4v) is 12.8. The van der Waals surface area contributed by atoms with Gasteiger partial charge in [-0.25, -0.2) is 32.9 Å². The minimum Gasteiger partial charge on any atom is -0.756 e. The van der Waals surface area contributed by atoms with Gasteiger partial charge in [-0.2, -0.15) is 11.8 Å². The SMILES string of the molecule is CC[NH+](CC)CC.CC[NH+](CC)CC.Nc1ncnc2c1ncn2[C@@H]1O[C@H](COP(=O)(O)OP(=O)([O-])OP(=O)([O-])OC(=O)CCOCCOCCOCCOCCNC(=O)CCCC[C@@H]2SC[C@@H]3NC(=O)N[C@@H]32)C(O)[C@@H]1O. The summed E-state index contributed by atoms with van der Waals surface area (Å²) in [5, 5.41) is 29.9. The van der Waals surface area contributed by atoms with Crippen molar-refractivity contribution in [1.82, 2.24) is 35.5 Å². The number of thioether (sulfide) groups is 1. The van der Waals surface area contributed by atoms with Crippen molar-refractivity contribution in [2.75, 3.05) is 117 Å². The van der Waals surface area contributed by atoms with Gasteiger partial charge in [-0.1, -0.05) is 6.42 Å². The third kappa shape index (κ3) is 25.1. The summed E-state index contributed by atoms with van der Waals surface area (Å²) in [6, 6.07) is 0.242. The average Bonchev–Trinajstić information content (AvgIpc) is 4.15. The molecular weight excluding hydrogens is 1100 g/mol. The van der Waals surface area contributed by atoms with Crippen LogP contribution in [0.5, 0.6) is 0 Å². The maximum Gasteiger partial charge on any atom is 0.478 e. The van der Waals surface area contributed by atoms with Crippen LogP contribution in [0.3, 0.4) is 0 Å². The highest BCUT2D eigenvalue weighted by Crippen LogP contribution is 2.64. The number of nitrogens with one attached hydrogen (secondary N) is 5. The third-order valence-corrected chi connectivity index (χ3v) is 17.9. The molecule has 0 aromatic carbocycles. The highest BCUT2D eigenvalue weighted by Gasteiger charge is 2.46. The number of unbranched alkanes of at least 4 members (excludes halogenated alkanes) is 1. The molecule has 2 aromatic rings. The van der Waals surface area contributed by atoms with Crippen molar-refractivity contribution >= 4 is 70.1 Å². The fourth-order valence-electron chi connectivity index (χ4n) is 7.84. The number of imidazole rings is 1. The van der Waals surface area contributed by atoms with E-state index in [2.05, 4.69) is 90.1 Å². The van der Waals surface area contributed by atoms with Gasteiger partial charge in [0.05, 0.1) is 124 Å². The van der Waals surface area contributed by atoms with Crippen molar-refractivity contribution in [3.05, 3.63) is 12.7 Å². The van der Waals surface area contributed by atoms with Crippen LogP contribution in [-0.4, -0.2) is 199 Å². The van der Waals surface area contributed by atoms with E-state index >= 15 is 0 Å². The Morgan fingerprint density at radius 3 is 1.99 bits per heavy atom. The van der Waals surface area contributed by atoms with E-state index in [-0.39, 0.29) is 80.6 Å². The van der Waals surface area contributed by atoms with E-state index in [9.17, 15) is 53.0 Å². The molecule has 444 valence electrons. The summed E-state index contributed by atoms with van der Waals surface area (Å²) in [5.41, 5.74) is 5.98. The number of ether oxygens (including phenoxy) is 5. The Hall–Kier alpha value is -3.00. The lowest BCUT2D eigenvalue weighted by Gasteiger charge is -2.30. The van der Waals surface area contributed by atoms with Gasteiger partial charge in [-0.3, -0.25) is 27.8 Å². The first-order valence-corrected chi connectivity index (χ1v) is 31.2. The number of anilines is 1. The van der Waals surface area contributed by atoms with Gasteiger partial charge in [0.2, 0.25) is 5.91 Å². The van der Waals surface area contributed by atoms with Gasteiger partial charge in [0.1, 0.15) is 30.2 Å². The Balaban J connectivity index is 0.000000979. The standard InChI is InChI=1S/C31H51N8O20P3S.2C6H15N/c32-28-25-29(35-17-34-28)39(18-36-25)30-27(43)26(42)20(56-30)15-55-60(45,46)58-62(49,50)59-61(47,48)57-23(41)5-7-51-9-11-53-13-14-54-12-10-52-8-6-33-22(40)4-2-1-3-21-24-19(16-63-21)37-31(44)38-24;2*1-4-7(5-2)6-3/h17-21,24,26-27,30,42-43H,1-16H2,(H,33,40)(H,45,46)(H,47,48)(H,49,50)(H2,32,34,35)(H2,37,38,44);2*4-6H2,1-3H3/t19-,20+,21-,24-,26?,27-,30+;;/m0../s1. The second-order valence-electron chi connectivity index (χ2n) is 17.5. The first-order valence-electron chi connectivity index (χ1n) is 25.8. The maximum absolute atomic E-state index is 12.3. The van der Waals surface area contributed by atoms with E-state index in [0.717, 1.165) is 31.3 Å². The summed E-state index contributed by atoms with van der Waals surface area (Å²) in [4.78, 5) is 84.6. The normalized spacial score (nSPS) is 23.2. The van der Waals surface area contributed by atoms with Crippen molar-refractivity contribution < 1.29 is 104 Å². The van der Waals surface area contributed by atoms with Gasteiger partial charge >= 0.3 is 27.6 Å². The number of fused-ring (bicyclic) bond motifs is 2. The van der Waals surface area contributed by atoms with E-state index in [1.165, 1.54) is 50.2 Å². The first-order chi connectivity index (χ1) is 36.6. The number of nitrogens with two attached hydrogens (primary N) is 1. The number of nitrogens with zero attached hydrogens (tertiary/aromatic N) is 4. The lowest BCUT2D eigenvalue weighted by molar-refractivity contribution is -0.894. The molecule has 4 unspecified atom stereocenters. The zero-order valence-corrected chi connectivity index (χ0v) is 48.2. The smallest absolute Gasteiger partial charge is 0.478 e. The van der Waals surface area contributed by atoms with Crippen LogP contribution in [0.2, 0.25) is 0 Å². The highest BCUT2D eigenvalue weighted by atomic mass is 32.2. The van der Waals surface area contributed by atoms with E-state index in [4.69, 9.17) is 29.4 Å². The van der Waals surface area contributed by atoms with Crippen molar-refractivity contribution in [2.45, 2.75) is 116 Å². The Kier molecular flexibility index (Phi) is 31.6. The molecule has 3 fully saturated rings. The Morgan fingerprint density at radius 2 is 1.40 bits per heavy atom. The largest absolute Gasteiger partial charge is 0.756 e. The molecule has 0 saturated carbocycles. The molecule has 0 spiro atoms. The lowest BCUT2D eigenvalue weighted by Crippen LogP contribution is -3.11. The first kappa shape index (κ1) is 68.3. The number of quaternary nitrogens is 2. The van der Waals surface area contributed by atoms with E-state index in [1.54, 1.807) is 9.80 Å². The summed E-state index contributed by atoms with van der Waals surface area (Å²) in [5.74, 6) is -0.638. The molecule has 34 heteroatoms. The van der Waals surface area contributed by atoms with Gasteiger partial charge in [-0.15, -0.1) is 0 Å². The predicted octanol–water partition coefficient (Wildman–Crippen LogP) is -2.18. The minimum atomic E-state index is -6.26. The number of phosphoric acid groups is 3. The number of amides is 3. The molecule has 2 aromatic heterocycles. The Morgan fingerprint density at radius 1 is 0.818 bits per heavy atom. The number of nitrogen functional groups attached to an aromatic ring is 1. The number of phosphoric ester groups is 2. The number of aliphatic hydroxyl groups excluding tert-OH is 2. The van der Waals surface area contributed by atoms with Gasteiger partial charge in [0.15, 0.2) is 17.7 Å². The molecule has 5 heterocycles. The van der Waals surface area contributed by atoms with Crippen LogP contribution >= 0.6 is 35.2 Å². The van der Waals surface area contributed by atoms with Crippen LogP contribution < -0.4 is 41.3 Å². The molecule has 77 heavy (non-hydrogen) atoms. The molecule has 10 atom stereocenters. The number of urea groups is 1. The molecule has 0 aliphatic carbocycles. The van der Waals surface area contributed by atoms with Crippen LogP contribution in [0.15, 0.2) is 12.7 Å². The van der Waals surface area contributed by atoms with Gasteiger partial charge in [0.25, 0.3) is 7.82 Å². The molecule has 3 saturated heterocycles. The Bertz CT molecular complexity index is 2180. The molecule has 10 N–H and O–H groups in total. The van der Waals surface area contributed by atoms with E-state index < -0.39 is 67.0 Å². The number of carbonyl (C=O) groups is 3. The van der Waals surface area contributed by atoms with E-state index in [1.807, 2.05) is 11.8 Å². The second-order valence-corrected chi connectivity index (χ2v) is 23.2. The number of aromatic nitrogens is 4. The predicted molar refractivity (Wildman–Crippen MR) is 275 cm³/mol. The maximum atomic E-state index is 12.3. The summed E-state index contributed by atoms with van der Waals surface area (Å²) in [7, 11) is -18.0. The van der Waals surface area contributed by atoms with Crippen molar-refractivity contribution in [3.8, 4) is 0 Å². The molecule has 3 amide bonds. The number of carbonyl (C=O) groups excluding carboxylic acids is 3. The van der Waals surface area contributed by atoms with Crippen molar-refractivity contribution in [3.63, 3.8) is 0 Å². The molecule has 0 bridgehead atoms. The van der Waals surface area contributed by atoms with Gasteiger partial charge in [-0.05, 0) is 54.4 Å². The van der Waals surface area contributed by atoms with Crippen LogP contribution in [0.1, 0.15) is 79.9 Å². The molecule has 30 nitrogen and oxygen atoms in total. The van der Waals surface area contributed by atoms with Crippen molar-refractivity contribution in [1.29, 1.82) is 0 Å². The van der Waals surface area contributed by atoms with Gasteiger partial charge < -0.3 is 84.6 Å². The quantitative estimate of drug-likeness (QED) is 0.0201. The van der Waals surface area contributed by atoms with Crippen LogP contribution in [0.25, 0.3) is 11.2 Å². The summed E-state index contributed by atoms with van der Waals surface area (Å²) in [6.07, 6.45) is -1.76. The van der Waals surface area contributed by atoms with Crippen LogP contribution in [0, 0.1) is 0 Å². The Labute approximate surface area is 453 Å². The number of hydrogen-bond donors (Lipinski definition) is 9.